The zero-order chi connectivity index (χ0) is 26.4. The van der Waals surface area contributed by atoms with Crippen molar-refractivity contribution in [2.45, 2.75) is 6.92 Å². The molecule has 1 aliphatic rings. The van der Waals surface area contributed by atoms with Gasteiger partial charge in [-0.3, -0.25) is 9.59 Å². The molecule has 0 spiro atoms. The van der Waals surface area contributed by atoms with Gasteiger partial charge in [-0.2, -0.15) is 0 Å². The summed E-state index contributed by atoms with van der Waals surface area (Å²) in [5.74, 6) is 1.85. The second-order valence-corrected chi connectivity index (χ2v) is 8.97. The van der Waals surface area contributed by atoms with Gasteiger partial charge in [0.25, 0.3) is 5.91 Å². The summed E-state index contributed by atoms with van der Waals surface area (Å²) in [4.78, 5) is 31.2. The van der Waals surface area contributed by atoms with E-state index in [1.807, 2.05) is 37.3 Å². The minimum Gasteiger partial charge on any atom is -0.497 e. The molecule has 0 bridgehead atoms. The molecule has 1 aromatic heterocycles. The number of piperazine rings is 1. The monoisotopic (exact) mass is 523 g/mol. The van der Waals surface area contributed by atoms with Crippen LogP contribution in [0.2, 0.25) is 5.02 Å². The highest BCUT2D eigenvalue weighted by Gasteiger charge is 2.25. The van der Waals surface area contributed by atoms with E-state index in [1.54, 1.807) is 48.3 Å². The topological polar surface area (TPSA) is 88.1 Å². The minimum atomic E-state index is -0.185. The zero-order valence-corrected chi connectivity index (χ0v) is 21.9. The second kappa shape index (κ2) is 11.9. The average molecular weight is 524 g/mol. The summed E-state index contributed by atoms with van der Waals surface area (Å²) in [7, 11) is 3.21. The van der Waals surface area contributed by atoms with Crippen LogP contribution in [0.15, 0.2) is 54.6 Å². The summed E-state index contributed by atoms with van der Waals surface area (Å²) in [5.41, 5.74) is 2.03. The van der Waals surface area contributed by atoms with Gasteiger partial charge < -0.3 is 24.2 Å². The van der Waals surface area contributed by atoms with Crippen LogP contribution in [-0.4, -0.2) is 85.3 Å². The van der Waals surface area contributed by atoms with E-state index in [4.69, 9.17) is 21.1 Å². The molecule has 1 saturated heterocycles. The van der Waals surface area contributed by atoms with Crippen molar-refractivity contribution in [3.63, 3.8) is 0 Å². The van der Waals surface area contributed by atoms with Crippen LogP contribution < -0.4 is 14.4 Å². The van der Waals surface area contributed by atoms with Crippen LogP contribution in [0.4, 0.5) is 5.82 Å². The molecule has 2 heterocycles. The normalized spacial score (nSPS) is 13.3. The molecule has 3 aromatic rings. The maximum atomic E-state index is 13.0. The number of carbonyl (C=O) groups is 2. The van der Waals surface area contributed by atoms with Crippen LogP contribution in [0.3, 0.4) is 0 Å². The summed E-state index contributed by atoms with van der Waals surface area (Å²) in [6.07, 6.45) is 0. The zero-order valence-electron chi connectivity index (χ0n) is 21.2. The lowest BCUT2D eigenvalue weighted by atomic mass is 10.1. The smallest absolute Gasteiger partial charge is 0.254 e. The summed E-state index contributed by atoms with van der Waals surface area (Å²) in [5, 5.41) is 9.38. The van der Waals surface area contributed by atoms with Crippen molar-refractivity contribution in [1.82, 2.24) is 20.0 Å². The van der Waals surface area contributed by atoms with Gasteiger partial charge in [0.1, 0.15) is 18.0 Å². The molecule has 0 N–H and O–H groups in total. The molecule has 0 radical (unpaired) electrons. The quantitative estimate of drug-likeness (QED) is 0.445. The predicted molar refractivity (Wildman–Crippen MR) is 142 cm³/mol. The number of likely N-dealkylation sites (N-methyl/N-ethyl adjacent to an activating group) is 1. The Kier molecular flexibility index (Phi) is 8.45. The number of benzene rings is 2. The lowest BCUT2D eigenvalue weighted by molar-refractivity contribution is -0.132. The molecular formula is C27H30ClN5O4. The molecule has 2 amide bonds. The standard InChI is InChI=1S/C27H30ClN5O4/c1-4-31(27(35)19-5-7-20(28)8-6-19)18-26(34)33-15-13-32(14-16-33)25-12-11-23(29-30-25)22-10-9-21(36-2)17-24(22)37-3/h5-12,17H,4,13-16,18H2,1-3H3. The van der Waals surface area contributed by atoms with E-state index in [0.717, 1.165) is 11.4 Å². The number of amides is 2. The van der Waals surface area contributed by atoms with Crippen molar-refractivity contribution in [3.05, 3.63) is 65.2 Å². The first-order chi connectivity index (χ1) is 17.9. The van der Waals surface area contributed by atoms with Gasteiger partial charge >= 0.3 is 0 Å². The number of aromatic nitrogens is 2. The van der Waals surface area contributed by atoms with E-state index in [-0.39, 0.29) is 18.4 Å². The maximum Gasteiger partial charge on any atom is 0.254 e. The van der Waals surface area contributed by atoms with Gasteiger partial charge in [0.2, 0.25) is 5.91 Å². The van der Waals surface area contributed by atoms with Crippen LogP contribution in [-0.2, 0) is 4.79 Å². The number of carbonyl (C=O) groups excluding carboxylic acids is 2. The Balaban J connectivity index is 1.34. The summed E-state index contributed by atoms with van der Waals surface area (Å²) in [6.45, 7) is 4.68. The van der Waals surface area contributed by atoms with Gasteiger partial charge in [0.15, 0.2) is 5.82 Å². The van der Waals surface area contributed by atoms with Crippen molar-refractivity contribution in [3.8, 4) is 22.8 Å². The van der Waals surface area contributed by atoms with Crippen molar-refractivity contribution in [2.75, 3.05) is 58.4 Å². The maximum absolute atomic E-state index is 13.0. The van der Waals surface area contributed by atoms with Crippen LogP contribution in [0, 0.1) is 0 Å². The highest BCUT2D eigenvalue weighted by atomic mass is 35.5. The number of halogens is 1. The fraction of sp³-hybridized carbons (Fsp3) is 0.333. The lowest BCUT2D eigenvalue weighted by Gasteiger charge is -2.36. The predicted octanol–water partition coefficient (Wildman–Crippen LogP) is 3.63. The minimum absolute atomic E-state index is 0.0379. The van der Waals surface area contributed by atoms with E-state index in [9.17, 15) is 9.59 Å². The number of hydrogen-bond acceptors (Lipinski definition) is 7. The third-order valence-electron chi connectivity index (χ3n) is 6.38. The van der Waals surface area contributed by atoms with E-state index in [2.05, 4.69) is 15.1 Å². The van der Waals surface area contributed by atoms with Crippen molar-refractivity contribution in [2.24, 2.45) is 0 Å². The second-order valence-electron chi connectivity index (χ2n) is 8.54. The molecule has 0 aliphatic carbocycles. The number of nitrogens with zero attached hydrogens (tertiary/aromatic N) is 5. The summed E-state index contributed by atoms with van der Waals surface area (Å²) in [6, 6.07) is 16.1. The fourth-order valence-corrected chi connectivity index (χ4v) is 4.32. The number of methoxy groups -OCH3 is 2. The lowest BCUT2D eigenvalue weighted by Crippen LogP contribution is -2.52. The molecule has 10 heteroatoms. The Bertz CT molecular complexity index is 1230. The van der Waals surface area contributed by atoms with E-state index in [0.29, 0.717) is 60.5 Å². The molecule has 37 heavy (non-hydrogen) atoms. The number of ether oxygens (including phenoxy) is 2. The van der Waals surface area contributed by atoms with Gasteiger partial charge in [-0.05, 0) is 55.5 Å². The van der Waals surface area contributed by atoms with Crippen molar-refractivity contribution >= 4 is 29.2 Å². The summed E-state index contributed by atoms with van der Waals surface area (Å²) < 4.78 is 10.7. The van der Waals surface area contributed by atoms with E-state index >= 15 is 0 Å². The SMILES string of the molecule is CCN(CC(=O)N1CCN(c2ccc(-c3ccc(OC)cc3OC)nn2)CC1)C(=O)c1ccc(Cl)cc1. The Labute approximate surface area is 221 Å². The number of hydrogen-bond donors (Lipinski definition) is 0. The largest absolute Gasteiger partial charge is 0.497 e. The van der Waals surface area contributed by atoms with Crippen LogP contribution in [0.5, 0.6) is 11.5 Å². The molecule has 9 nitrogen and oxygen atoms in total. The Hall–Kier alpha value is -3.85. The molecule has 2 aromatic carbocycles. The van der Waals surface area contributed by atoms with Crippen LogP contribution in [0.1, 0.15) is 17.3 Å². The number of rotatable bonds is 8. The molecular weight excluding hydrogens is 494 g/mol. The van der Waals surface area contributed by atoms with Crippen molar-refractivity contribution < 1.29 is 19.1 Å². The van der Waals surface area contributed by atoms with Crippen LogP contribution in [0.25, 0.3) is 11.3 Å². The Morgan fingerprint density at radius 1 is 0.946 bits per heavy atom. The first-order valence-electron chi connectivity index (χ1n) is 12.1. The highest BCUT2D eigenvalue weighted by molar-refractivity contribution is 6.30. The molecule has 1 aliphatic heterocycles. The molecule has 1 fully saturated rings. The third kappa shape index (κ3) is 6.11. The van der Waals surface area contributed by atoms with Gasteiger partial charge in [0.05, 0.1) is 19.9 Å². The van der Waals surface area contributed by atoms with Gasteiger partial charge in [-0.15, -0.1) is 10.2 Å². The Morgan fingerprint density at radius 2 is 1.68 bits per heavy atom. The van der Waals surface area contributed by atoms with Crippen LogP contribution >= 0.6 is 11.6 Å². The van der Waals surface area contributed by atoms with Gasteiger partial charge in [-0.25, -0.2) is 0 Å². The third-order valence-corrected chi connectivity index (χ3v) is 6.63. The highest BCUT2D eigenvalue weighted by Crippen LogP contribution is 2.32. The Morgan fingerprint density at radius 3 is 2.27 bits per heavy atom. The van der Waals surface area contributed by atoms with Crippen molar-refractivity contribution in [1.29, 1.82) is 0 Å². The average Bonchev–Trinajstić information content (AvgIpc) is 2.95. The first-order valence-corrected chi connectivity index (χ1v) is 12.4. The number of anilines is 1. The molecule has 194 valence electrons. The first kappa shape index (κ1) is 26.2. The van der Waals surface area contributed by atoms with Gasteiger partial charge in [-0.1, -0.05) is 11.6 Å². The molecule has 0 atom stereocenters. The van der Waals surface area contributed by atoms with Gasteiger partial charge in [0, 0.05) is 54.9 Å². The van der Waals surface area contributed by atoms with E-state index < -0.39 is 0 Å². The molecule has 4 rings (SSSR count). The van der Waals surface area contributed by atoms with E-state index in [1.165, 1.54) is 0 Å². The fourth-order valence-electron chi connectivity index (χ4n) is 4.20. The molecule has 0 saturated carbocycles. The summed E-state index contributed by atoms with van der Waals surface area (Å²) >= 11 is 5.92. The molecule has 0 unspecified atom stereocenters.